The average molecular weight is 290 g/mol. The van der Waals surface area contributed by atoms with Crippen LogP contribution in [0.1, 0.15) is 28.9 Å². The van der Waals surface area contributed by atoms with Gasteiger partial charge in [-0.05, 0) is 41.5 Å². The van der Waals surface area contributed by atoms with Gasteiger partial charge >= 0.3 is 0 Å². The van der Waals surface area contributed by atoms with E-state index in [0.717, 1.165) is 10.9 Å². The molecule has 1 amide bonds. The Morgan fingerprint density at radius 1 is 1.00 bits per heavy atom. The molecule has 3 heteroatoms. The van der Waals surface area contributed by atoms with Gasteiger partial charge in [-0.1, -0.05) is 48.5 Å². The number of nitrogen functional groups attached to an aromatic ring is 1. The van der Waals surface area contributed by atoms with Gasteiger partial charge in [-0.25, -0.2) is 0 Å². The van der Waals surface area contributed by atoms with E-state index in [0.29, 0.717) is 11.3 Å². The van der Waals surface area contributed by atoms with E-state index in [1.54, 1.807) is 24.3 Å². The molecule has 0 aliphatic rings. The number of rotatable bonds is 3. The van der Waals surface area contributed by atoms with E-state index in [1.807, 2.05) is 31.2 Å². The van der Waals surface area contributed by atoms with E-state index >= 15 is 0 Å². The van der Waals surface area contributed by atoms with E-state index in [-0.39, 0.29) is 11.9 Å². The monoisotopic (exact) mass is 290 g/mol. The molecule has 0 aliphatic carbocycles. The Hall–Kier alpha value is -2.81. The summed E-state index contributed by atoms with van der Waals surface area (Å²) in [5.41, 5.74) is 8.00. The molecule has 0 aliphatic heterocycles. The minimum atomic E-state index is -0.118. The summed E-state index contributed by atoms with van der Waals surface area (Å²) in [6, 6.07) is 21.2. The number of carbonyl (C=O) groups excluding carboxylic acids is 1. The zero-order valence-corrected chi connectivity index (χ0v) is 12.4. The molecule has 0 radical (unpaired) electrons. The fraction of sp³-hybridized carbons (Fsp3) is 0.105. The third-order valence-corrected chi connectivity index (χ3v) is 3.79. The number of carbonyl (C=O) groups is 1. The molecule has 22 heavy (non-hydrogen) atoms. The summed E-state index contributed by atoms with van der Waals surface area (Å²) >= 11 is 0. The van der Waals surface area contributed by atoms with Gasteiger partial charge in [-0.2, -0.15) is 0 Å². The van der Waals surface area contributed by atoms with Crippen LogP contribution in [-0.4, -0.2) is 5.91 Å². The summed E-state index contributed by atoms with van der Waals surface area (Å²) in [5, 5.41) is 5.37. The highest BCUT2D eigenvalue weighted by molar-refractivity contribution is 5.95. The maximum absolute atomic E-state index is 12.4. The van der Waals surface area contributed by atoms with Crippen molar-refractivity contribution in [3.63, 3.8) is 0 Å². The van der Waals surface area contributed by atoms with E-state index < -0.39 is 0 Å². The molecule has 0 aromatic heterocycles. The summed E-state index contributed by atoms with van der Waals surface area (Å²) in [7, 11) is 0. The maximum atomic E-state index is 12.4. The van der Waals surface area contributed by atoms with Gasteiger partial charge in [0.1, 0.15) is 0 Å². The molecular weight excluding hydrogens is 272 g/mol. The van der Waals surface area contributed by atoms with E-state index in [9.17, 15) is 4.79 Å². The van der Waals surface area contributed by atoms with Crippen molar-refractivity contribution >= 4 is 22.4 Å². The minimum Gasteiger partial charge on any atom is -0.399 e. The Labute approximate surface area is 129 Å². The second-order valence-electron chi connectivity index (χ2n) is 5.39. The number of nitrogens with one attached hydrogen (secondary N) is 1. The topological polar surface area (TPSA) is 55.1 Å². The standard InChI is InChI=1S/C19H18N2O/c1-13(21-19(22)15-8-4-9-16(20)12-15)17-11-5-7-14-6-2-3-10-18(14)17/h2-13H,20H2,1H3,(H,21,22)/t13-/m1/s1. The Morgan fingerprint density at radius 3 is 2.55 bits per heavy atom. The zero-order chi connectivity index (χ0) is 15.5. The van der Waals surface area contributed by atoms with Gasteiger partial charge in [0, 0.05) is 11.3 Å². The molecule has 3 aromatic carbocycles. The van der Waals surface area contributed by atoms with Crippen LogP contribution in [0.4, 0.5) is 5.69 Å². The zero-order valence-electron chi connectivity index (χ0n) is 12.4. The average Bonchev–Trinajstić information content (AvgIpc) is 2.54. The van der Waals surface area contributed by atoms with E-state index in [1.165, 1.54) is 5.39 Å². The molecule has 0 spiro atoms. The normalized spacial score (nSPS) is 12.0. The first-order valence-corrected chi connectivity index (χ1v) is 7.29. The molecule has 0 bridgehead atoms. The number of fused-ring (bicyclic) bond motifs is 1. The number of amides is 1. The second kappa shape index (κ2) is 5.90. The van der Waals surface area contributed by atoms with Gasteiger partial charge < -0.3 is 11.1 Å². The Kier molecular flexibility index (Phi) is 3.79. The fourth-order valence-corrected chi connectivity index (χ4v) is 2.67. The van der Waals surface area contributed by atoms with Crippen molar-refractivity contribution < 1.29 is 4.79 Å². The molecule has 0 heterocycles. The molecule has 1 atom stereocenters. The Bertz CT molecular complexity index is 821. The van der Waals surface area contributed by atoms with Crippen molar-refractivity contribution in [3.8, 4) is 0 Å². The van der Waals surface area contributed by atoms with Crippen molar-refractivity contribution in [1.29, 1.82) is 0 Å². The van der Waals surface area contributed by atoms with Gasteiger partial charge in [-0.3, -0.25) is 4.79 Å². The number of nitrogens with two attached hydrogens (primary N) is 1. The van der Waals surface area contributed by atoms with Gasteiger partial charge in [0.2, 0.25) is 0 Å². The van der Waals surface area contributed by atoms with Gasteiger partial charge in [0.05, 0.1) is 6.04 Å². The van der Waals surface area contributed by atoms with Crippen LogP contribution in [0.15, 0.2) is 66.7 Å². The number of anilines is 1. The number of hydrogen-bond donors (Lipinski definition) is 2. The van der Waals surface area contributed by atoms with Crippen molar-refractivity contribution in [3.05, 3.63) is 77.9 Å². The third-order valence-electron chi connectivity index (χ3n) is 3.79. The van der Waals surface area contributed by atoms with Crippen LogP contribution in [-0.2, 0) is 0 Å². The lowest BCUT2D eigenvalue weighted by Gasteiger charge is -2.17. The van der Waals surface area contributed by atoms with Gasteiger partial charge in [-0.15, -0.1) is 0 Å². The molecule has 3 rings (SSSR count). The highest BCUT2D eigenvalue weighted by Gasteiger charge is 2.13. The van der Waals surface area contributed by atoms with Crippen molar-refractivity contribution in [2.45, 2.75) is 13.0 Å². The quantitative estimate of drug-likeness (QED) is 0.718. The summed E-state index contributed by atoms with van der Waals surface area (Å²) in [4.78, 5) is 12.4. The predicted molar refractivity (Wildman–Crippen MR) is 90.7 cm³/mol. The summed E-state index contributed by atoms with van der Waals surface area (Å²) in [6.45, 7) is 1.99. The molecule has 0 fully saturated rings. The van der Waals surface area contributed by atoms with Crippen LogP contribution >= 0.6 is 0 Å². The highest BCUT2D eigenvalue weighted by atomic mass is 16.1. The first-order valence-electron chi connectivity index (χ1n) is 7.29. The third kappa shape index (κ3) is 2.79. The lowest BCUT2D eigenvalue weighted by molar-refractivity contribution is 0.0940. The van der Waals surface area contributed by atoms with Crippen LogP contribution in [0.2, 0.25) is 0 Å². The number of hydrogen-bond acceptors (Lipinski definition) is 2. The smallest absolute Gasteiger partial charge is 0.251 e. The molecular formula is C19H18N2O. The van der Waals surface area contributed by atoms with Crippen molar-refractivity contribution in [2.75, 3.05) is 5.73 Å². The summed E-state index contributed by atoms with van der Waals surface area (Å²) in [5.74, 6) is -0.118. The van der Waals surface area contributed by atoms with Gasteiger partial charge in [0.25, 0.3) is 5.91 Å². The molecule has 0 saturated carbocycles. The van der Waals surface area contributed by atoms with Crippen molar-refractivity contribution in [1.82, 2.24) is 5.32 Å². The van der Waals surface area contributed by atoms with Crippen LogP contribution in [0.25, 0.3) is 10.8 Å². The molecule has 110 valence electrons. The lowest BCUT2D eigenvalue weighted by atomic mass is 9.99. The fourth-order valence-electron chi connectivity index (χ4n) is 2.67. The van der Waals surface area contributed by atoms with Crippen LogP contribution in [0.3, 0.4) is 0 Å². The molecule has 0 unspecified atom stereocenters. The van der Waals surface area contributed by atoms with Crippen LogP contribution < -0.4 is 11.1 Å². The summed E-state index contributed by atoms with van der Waals surface area (Å²) in [6.07, 6.45) is 0. The Balaban J connectivity index is 1.87. The summed E-state index contributed by atoms with van der Waals surface area (Å²) < 4.78 is 0. The molecule has 3 aromatic rings. The first-order chi connectivity index (χ1) is 10.6. The molecule has 0 saturated heterocycles. The van der Waals surface area contributed by atoms with E-state index in [2.05, 4.69) is 23.5 Å². The molecule has 3 nitrogen and oxygen atoms in total. The van der Waals surface area contributed by atoms with Gasteiger partial charge in [0.15, 0.2) is 0 Å². The Morgan fingerprint density at radius 2 is 1.73 bits per heavy atom. The van der Waals surface area contributed by atoms with Crippen molar-refractivity contribution in [2.24, 2.45) is 0 Å². The second-order valence-corrected chi connectivity index (χ2v) is 5.39. The highest BCUT2D eigenvalue weighted by Crippen LogP contribution is 2.24. The van der Waals surface area contributed by atoms with Crippen LogP contribution in [0.5, 0.6) is 0 Å². The predicted octanol–water partition coefficient (Wildman–Crippen LogP) is 3.91. The van der Waals surface area contributed by atoms with Crippen LogP contribution in [0, 0.1) is 0 Å². The van der Waals surface area contributed by atoms with E-state index in [4.69, 9.17) is 5.73 Å². The SMILES string of the molecule is C[C@@H](NC(=O)c1cccc(N)c1)c1cccc2ccccc12. The lowest BCUT2D eigenvalue weighted by Crippen LogP contribution is -2.26. The first kappa shape index (κ1) is 14.1. The molecule has 3 N–H and O–H groups in total. The maximum Gasteiger partial charge on any atom is 0.251 e. The minimum absolute atomic E-state index is 0.0833. The largest absolute Gasteiger partial charge is 0.399 e. The number of benzene rings is 3.